The highest BCUT2D eigenvalue weighted by molar-refractivity contribution is 9.11. The van der Waals surface area contributed by atoms with Gasteiger partial charge in [0.05, 0.1) is 6.04 Å². The number of hydrogen-bond donors (Lipinski definition) is 1. The molecule has 0 bridgehead atoms. The molecule has 1 atom stereocenters. The van der Waals surface area contributed by atoms with Crippen LogP contribution in [0.15, 0.2) is 45.9 Å². The smallest absolute Gasteiger partial charge is 0.115 e. The second-order valence-corrected chi connectivity index (χ2v) is 5.60. The molecule has 0 spiro atoms. The van der Waals surface area contributed by atoms with Gasteiger partial charge in [0.2, 0.25) is 0 Å². The quantitative estimate of drug-likeness (QED) is 0.891. The summed E-state index contributed by atoms with van der Waals surface area (Å²) in [6, 6.07) is 6.24. The van der Waals surface area contributed by atoms with Gasteiger partial charge in [-0.15, -0.1) is 0 Å². The van der Waals surface area contributed by atoms with Gasteiger partial charge < -0.3 is 5.32 Å². The molecule has 3 nitrogen and oxygen atoms in total. The molecular weight excluding hydrogens is 358 g/mol. The third-order valence-corrected chi connectivity index (χ3v) is 3.81. The van der Waals surface area contributed by atoms with Crippen LogP contribution in [-0.2, 0) is 0 Å². The molecule has 5 heteroatoms. The summed E-state index contributed by atoms with van der Waals surface area (Å²) in [6.45, 7) is 2.96. The van der Waals surface area contributed by atoms with Gasteiger partial charge in [-0.1, -0.05) is 38.8 Å². The van der Waals surface area contributed by atoms with E-state index in [0.29, 0.717) is 0 Å². The van der Waals surface area contributed by atoms with Crippen LogP contribution in [0.1, 0.15) is 24.1 Å². The van der Waals surface area contributed by atoms with Crippen LogP contribution < -0.4 is 5.32 Å². The van der Waals surface area contributed by atoms with Crippen LogP contribution >= 0.6 is 31.9 Å². The Labute approximate surface area is 123 Å². The van der Waals surface area contributed by atoms with Gasteiger partial charge >= 0.3 is 0 Å². The van der Waals surface area contributed by atoms with Crippen LogP contribution in [0.25, 0.3) is 0 Å². The molecule has 1 aromatic carbocycles. The highest BCUT2D eigenvalue weighted by Crippen LogP contribution is 2.30. The van der Waals surface area contributed by atoms with Crippen molar-refractivity contribution in [1.82, 2.24) is 15.3 Å². The second kappa shape index (κ2) is 6.41. The highest BCUT2D eigenvalue weighted by Gasteiger charge is 2.16. The lowest BCUT2D eigenvalue weighted by molar-refractivity contribution is 0.623. The van der Waals surface area contributed by atoms with Crippen molar-refractivity contribution in [3.05, 3.63) is 57.0 Å². The fourth-order valence-corrected chi connectivity index (χ4v) is 2.66. The first-order valence-electron chi connectivity index (χ1n) is 5.65. The van der Waals surface area contributed by atoms with Gasteiger partial charge in [0.25, 0.3) is 0 Å². The zero-order valence-electron chi connectivity index (χ0n) is 9.90. The monoisotopic (exact) mass is 369 g/mol. The first-order valence-corrected chi connectivity index (χ1v) is 7.24. The van der Waals surface area contributed by atoms with Crippen molar-refractivity contribution in [3.8, 4) is 0 Å². The van der Waals surface area contributed by atoms with E-state index in [1.165, 1.54) is 5.56 Å². The van der Waals surface area contributed by atoms with E-state index in [2.05, 4.69) is 60.1 Å². The first-order chi connectivity index (χ1) is 8.72. The fourth-order valence-electron chi connectivity index (χ4n) is 1.81. The topological polar surface area (TPSA) is 37.8 Å². The highest BCUT2D eigenvalue weighted by atomic mass is 79.9. The number of hydrogen-bond acceptors (Lipinski definition) is 3. The van der Waals surface area contributed by atoms with Crippen LogP contribution in [-0.4, -0.2) is 16.5 Å². The van der Waals surface area contributed by atoms with E-state index in [9.17, 15) is 0 Å². The summed E-state index contributed by atoms with van der Waals surface area (Å²) in [7, 11) is 0. The van der Waals surface area contributed by atoms with Crippen molar-refractivity contribution in [2.45, 2.75) is 13.0 Å². The predicted octanol–water partition coefficient (Wildman–Crippen LogP) is 3.70. The van der Waals surface area contributed by atoms with Gasteiger partial charge in [-0.05, 0) is 30.3 Å². The van der Waals surface area contributed by atoms with Gasteiger partial charge in [0.15, 0.2) is 0 Å². The fraction of sp³-hybridized carbons (Fsp3) is 0.231. The van der Waals surface area contributed by atoms with Gasteiger partial charge in [0.1, 0.15) is 6.33 Å². The number of aromatic nitrogens is 2. The summed E-state index contributed by atoms with van der Waals surface area (Å²) in [5.74, 6) is 0. The van der Waals surface area contributed by atoms with Crippen molar-refractivity contribution < 1.29 is 0 Å². The van der Waals surface area contributed by atoms with Crippen LogP contribution in [0.4, 0.5) is 0 Å². The summed E-state index contributed by atoms with van der Waals surface area (Å²) < 4.78 is 2.13. The van der Waals surface area contributed by atoms with E-state index in [-0.39, 0.29) is 6.04 Å². The lowest BCUT2D eigenvalue weighted by atomic mass is 10.0. The molecule has 1 heterocycles. The molecule has 1 unspecified atom stereocenters. The Hall–Kier alpha value is -0.780. The minimum atomic E-state index is 0.0862. The number of rotatable bonds is 4. The third-order valence-electron chi connectivity index (χ3n) is 2.59. The molecule has 0 amide bonds. The minimum absolute atomic E-state index is 0.0862. The number of nitrogens with zero attached hydrogens (tertiary/aromatic N) is 2. The zero-order valence-corrected chi connectivity index (χ0v) is 13.1. The molecule has 2 rings (SSSR count). The van der Waals surface area contributed by atoms with E-state index < -0.39 is 0 Å². The maximum absolute atomic E-state index is 4.09. The molecular formula is C13H13Br2N3. The molecule has 1 N–H and O–H groups in total. The Morgan fingerprint density at radius 3 is 2.61 bits per heavy atom. The van der Waals surface area contributed by atoms with E-state index in [0.717, 1.165) is 21.1 Å². The maximum atomic E-state index is 4.09. The zero-order chi connectivity index (χ0) is 13.0. The average molecular weight is 371 g/mol. The maximum Gasteiger partial charge on any atom is 0.115 e. The van der Waals surface area contributed by atoms with Crippen LogP contribution in [0.2, 0.25) is 0 Å². The minimum Gasteiger partial charge on any atom is -0.306 e. The second-order valence-electron chi connectivity index (χ2n) is 3.83. The Balaban J connectivity index is 2.44. The lowest BCUT2D eigenvalue weighted by Gasteiger charge is -2.19. The molecule has 0 radical (unpaired) electrons. The van der Waals surface area contributed by atoms with Crippen LogP contribution in [0.5, 0.6) is 0 Å². The summed E-state index contributed by atoms with van der Waals surface area (Å²) >= 11 is 7.11. The molecule has 0 saturated heterocycles. The molecule has 0 aliphatic rings. The van der Waals surface area contributed by atoms with Gasteiger partial charge in [-0.2, -0.15) is 0 Å². The van der Waals surface area contributed by atoms with Gasteiger partial charge in [0, 0.05) is 26.9 Å². The van der Waals surface area contributed by atoms with Crippen molar-refractivity contribution >= 4 is 31.9 Å². The largest absolute Gasteiger partial charge is 0.306 e. The normalized spacial score (nSPS) is 12.4. The Bertz CT molecular complexity index is 517. The van der Waals surface area contributed by atoms with Crippen LogP contribution in [0.3, 0.4) is 0 Å². The van der Waals surface area contributed by atoms with Crippen molar-refractivity contribution in [1.29, 1.82) is 0 Å². The summed E-state index contributed by atoms with van der Waals surface area (Å²) in [6.07, 6.45) is 5.23. The molecule has 0 saturated carbocycles. The predicted molar refractivity (Wildman–Crippen MR) is 79.4 cm³/mol. The molecule has 0 aliphatic carbocycles. The van der Waals surface area contributed by atoms with E-state index in [1.54, 1.807) is 6.33 Å². The summed E-state index contributed by atoms with van der Waals surface area (Å²) in [5.41, 5.74) is 2.22. The molecule has 0 fully saturated rings. The number of nitrogens with one attached hydrogen (secondary N) is 1. The Morgan fingerprint density at radius 2 is 1.94 bits per heavy atom. The van der Waals surface area contributed by atoms with Crippen LogP contribution in [0, 0.1) is 0 Å². The molecule has 94 valence electrons. The van der Waals surface area contributed by atoms with Crippen molar-refractivity contribution in [2.24, 2.45) is 0 Å². The Kier molecular flexibility index (Phi) is 4.86. The molecule has 0 aliphatic heterocycles. The van der Waals surface area contributed by atoms with E-state index >= 15 is 0 Å². The standard InChI is InChI=1S/C13H13Br2N3/c1-2-18-13(9-6-16-8-17-7-9)11-5-10(14)3-4-12(11)15/h3-8,13,18H,2H2,1H3. The van der Waals surface area contributed by atoms with Gasteiger partial charge in [-0.25, -0.2) is 9.97 Å². The molecule has 1 aromatic heterocycles. The summed E-state index contributed by atoms with van der Waals surface area (Å²) in [5, 5.41) is 3.45. The average Bonchev–Trinajstić information content (AvgIpc) is 2.40. The lowest BCUT2D eigenvalue weighted by Crippen LogP contribution is -2.22. The van der Waals surface area contributed by atoms with E-state index in [1.807, 2.05) is 24.5 Å². The number of halogens is 2. The Morgan fingerprint density at radius 1 is 1.22 bits per heavy atom. The molecule has 18 heavy (non-hydrogen) atoms. The molecule has 2 aromatic rings. The van der Waals surface area contributed by atoms with Crippen molar-refractivity contribution in [2.75, 3.05) is 6.54 Å². The SMILES string of the molecule is CCNC(c1cncnc1)c1cc(Br)ccc1Br. The van der Waals surface area contributed by atoms with Crippen molar-refractivity contribution in [3.63, 3.8) is 0 Å². The number of benzene rings is 1. The van der Waals surface area contributed by atoms with E-state index in [4.69, 9.17) is 0 Å². The third kappa shape index (κ3) is 3.16. The first kappa shape index (κ1) is 13.6. The summed E-state index contributed by atoms with van der Waals surface area (Å²) in [4.78, 5) is 8.17. The van der Waals surface area contributed by atoms with Gasteiger partial charge in [-0.3, -0.25) is 0 Å².